The molecule has 2 saturated heterocycles. The predicted molar refractivity (Wildman–Crippen MR) is 70.0 cm³/mol. The number of halogens is 3. The Balaban J connectivity index is 1.99. The van der Waals surface area contributed by atoms with Gasteiger partial charge in [0, 0.05) is 6.54 Å². The van der Waals surface area contributed by atoms with Gasteiger partial charge >= 0.3 is 12.3 Å². The van der Waals surface area contributed by atoms with Crippen LogP contribution in [0.4, 0.5) is 23.7 Å². The summed E-state index contributed by atoms with van der Waals surface area (Å²) in [7, 11) is 0. The van der Waals surface area contributed by atoms with Crippen LogP contribution in [0.2, 0.25) is 0 Å². The molecule has 2 atom stereocenters. The van der Waals surface area contributed by atoms with Crippen LogP contribution in [0.1, 0.15) is 12.0 Å². The molecular formula is C14H15F3N2O2. The molecule has 2 heterocycles. The number of hydrogen-bond acceptors (Lipinski definition) is 3. The number of para-hydroxylation sites is 1. The van der Waals surface area contributed by atoms with E-state index < -0.39 is 17.8 Å². The largest absolute Gasteiger partial charge is 0.447 e. The summed E-state index contributed by atoms with van der Waals surface area (Å²) in [5.41, 5.74) is -0.927. The summed E-state index contributed by atoms with van der Waals surface area (Å²) >= 11 is 0. The Labute approximate surface area is 119 Å². The summed E-state index contributed by atoms with van der Waals surface area (Å²) < 4.78 is 44.4. The van der Waals surface area contributed by atoms with Crippen LogP contribution in [0.5, 0.6) is 0 Å². The van der Waals surface area contributed by atoms with E-state index in [4.69, 9.17) is 4.74 Å². The number of cyclic esters (lactones) is 1. The van der Waals surface area contributed by atoms with Crippen molar-refractivity contribution in [1.29, 1.82) is 0 Å². The highest BCUT2D eigenvalue weighted by Crippen LogP contribution is 2.39. The van der Waals surface area contributed by atoms with E-state index in [9.17, 15) is 18.0 Å². The normalized spacial score (nSPS) is 26.2. The Morgan fingerprint density at radius 2 is 2.05 bits per heavy atom. The molecule has 21 heavy (non-hydrogen) atoms. The minimum Gasteiger partial charge on any atom is -0.447 e. The average molecular weight is 300 g/mol. The zero-order valence-corrected chi connectivity index (χ0v) is 11.2. The third kappa shape index (κ3) is 2.57. The zero-order valence-electron chi connectivity index (χ0n) is 11.2. The first-order valence-electron chi connectivity index (χ1n) is 6.81. The van der Waals surface area contributed by atoms with Gasteiger partial charge in [-0.25, -0.2) is 4.79 Å². The van der Waals surface area contributed by atoms with E-state index in [1.165, 1.54) is 23.1 Å². The van der Waals surface area contributed by atoms with E-state index in [-0.39, 0.29) is 24.3 Å². The van der Waals surface area contributed by atoms with Gasteiger partial charge in [-0.15, -0.1) is 0 Å². The first-order valence-corrected chi connectivity index (χ1v) is 6.81. The maximum atomic E-state index is 13.1. The summed E-state index contributed by atoms with van der Waals surface area (Å²) in [6.07, 6.45) is -4.38. The van der Waals surface area contributed by atoms with Crippen molar-refractivity contribution in [2.45, 2.75) is 18.6 Å². The summed E-state index contributed by atoms with van der Waals surface area (Å²) in [5, 5.41) is 3.17. The van der Waals surface area contributed by atoms with Crippen LogP contribution in [0, 0.1) is 5.92 Å². The highest BCUT2D eigenvalue weighted by atomic mass is 19.4. The molecule has 2 aliphatic rings. The maximum Gasteiger partial charge on any atom is 0.418 e. The number of rotatable bonds is 2. The lowest BCUT2D eigenvalue weighted by molar-refractivity contribution is -0.137. The first kappa shape index (κ1) is 14.2. The number of benzene rings is 1. The van der Waals surface area contributed by atoms with E-state index in [0.717, 1.165) is 19.0 Å². The quantitative estimate of drug-likeness (QED) is 0.913. The Kier molecular flexibility index (Phi) is 3.52. The molecule has 2 unspecified atom stereocenters. The van der Waals surface area contributed by atoms with Gasteiger partial charge in [0.1, 0.15) is 6.61 Å². The van der Waals surface area contributed by atoms with E-state index >= 15 is 0 Å². The molecule has 2 fully saturated rings. The van der Waals surface area contributed by atoms with Crippen LogP contribution >= 0.6 is 0 Å². The zero-order chi connectivity index (χ0) is 15.0. The molecule has 4 nitrogen and oxygen atoms in total. The summed E-state index contributed by atoms with van der Waals surface area (Å²) in [6, 6.07) is 4.78. The van der Waals surface area contributed by atoms with Crippen molar-refractivity contribution in [2.75, 3.05) is 24.6 Å². The number of hydrogen-bond donors (Lipinski definition) is 1. The average Bonchev–Trinajstić information content (AvgIpc) is 3.06. The smallest absolute Gasteiger partial charge is 0.418 e. The minimum absolute atomic E-state index is 0.109. The van der Waals surface area contributed by atoms with Crippen molar-refractivity contribution < 1.29 is 22.7 Å². The molecule has 0 saturated carbocycles. The molecule has 1 N–H and O–H groups in total. The number of carbonyl (C=O) groups is 1. The monoisotopic (exact) mass is 300 g/mol. The SMILES string of the molecule is O=C1OCC(C2CCNC2)N1c1ccccc1C(F)(F)F. The second kappa shape index (κ2) is 5.22. The fourth-order valence-corrected chi connectivity index (χ4v) is 2.99. The Hall–Kier alpha value is -1.76. The molecule has 0 aliphatic carbocycles. The molecule has 1 aromatic carbocycles. The van der Waals surface area contributed by atoms with Gasteiger partial charge in [0.25, 0.3) is 0 Å². The van der Waals surface area contributed by atoms with Crippen LogP contribution in [0.15, 0.2) is 24.3 Å². The van der Waals surface area contributed by atoms with Crippen molar-refractivity contribution in [2.24, 2.45) is 5.92 Å². The number of nitrogens with one attached hydrogen (secondary N) is 1. The van der Waals surface area contributed by atoms with E-state index in [0.29, 0.717) is 6.54 Å². The fraction of sp³-hybridized carbons (Fsp3) is 0.500. The molecule has 3 rings (SSSR count). The van der Waals surface area contributed by atoms with Crippen LogP contribution in [-0.4, -0.2) is 31.8 Å². The van der Waals surface area contributed by atoms with Gasteiger partial charge in [-0.2, -0.15) is 13.2 Å². The number of anilines is 1. The molecule has 1 amide bonds. The van der Waals surface area contributed by atoms with E-state index in [1.807, 2.05) is 0 Å². The van der Waals surface area contributed by atoms with E-state index in [2.05, 4.69) is 5.32 Å². The molecular weight excluding hydrogens is 285 g/mol. The lowest BCUT2D eigenvalue weighted by Crippen LogP contribution is -2.41. The van der Waals surface area contributed by atoms with Crippen molar-refractivity contribution in [3.8, 4) is 0 Å². The van der Waals surface area contributed by atoms with Crippen LogP contribution in [-0.2, 0) is 10.9 Å². The third-order valence-corrected chi connectivity index (χ3v) is 4.02. The predicted octanol–water partition coefficient (Wildman–Crippen LogP) is 2.64. The molecule has 0 bridgehead atoms. The first-order chi connectivity index (χ1) is 9.98. The number of alkyl halides is 3. The molecule has 114 valence electrons. The van der Waals surface area contributed by atoms with Crippen molar-refractivity contribution in [3.05, 3.63) is 29.8 Å². The Morgan fingerprint density at radius 1 is 1.29 bits per heavy atom. The molecule has 0 radical (unpaired) electrons. The Bertz CT molecular complexity index is 541. The molecule has 0 aromatic heterocycles. The van der Waals surface area contributed by atoms with Gasteiger partial charge in [0.05, 0.1) is 17.3 Å². The van der Waals surface area contributed by atoms with Crippen LogP contribution < -0.4 is 10.2 Å². The number of amides is 1. The number of carbonyl (C=O) groups excluding carboxylic acids is 1. The van der Waals surface area contributed by atoms with E-state index in [1.54, 1.807) is 0 Å². The van der Waals surface area contributed by atoms with Gasteiger partial charge in [-0.3, -0.25) is 4.90 Å². The van der Waals surface area contributed by atoms with Crippen LogP contribution in [0.3, 0.4) is 0 Å². The van der Waals surface area contributed by atoms with Gasteiger partial charge in [-0.05, 0) is 31.0 Å². The highest BCUT2D eigenvalue weighted by Gasteiger charge is 2.44. The van der Waals surface area contributed by atoms with Crippen molar-refractivity contribution >= 4 is 11.8 Å². The van der Waals surface area contributed by atoms with Gasteiger partial charge in [0.2, 0.25) is 0 Å². The summed E-state index contributed by atoms with van der Waals surface area (Å²) in [4.78, 5) is 13.1. The maximum absolute atomic E-state index is 13.1. The van der Waals surface area contributed by atoms with Gasteiger partial charge in [0.15, 0.2) is 0 Å². The molecule has 2 aliphatic heterocycles. The topological polar surface area (TPSA) is 41.6 Å². The van der Waals surface area contributed by atoms with Gasteiger partial charge < -0.3 is 10.1 Å². The lowest BCUT2D eigenvalue weighted by Gasteiger charge is -2.28. The highest BCUT2D eigenvalue weighted by molar-refractivity contribution is 5.91. The van der Waals surface area contributed by atoms with Crippen LogP contribution in [0.25, 0.3) is 0 Å². The number of nitrogens with zero attached hydrogens (tertiary/aromatic N) is 1. The summed E-state index contributed by atoms with van der Waals surface area (Å²) in [5.74, 6) is 0.109. The number of ether oxygens (including phenoxy) is 1. The summed E-state index contributed by atoms with van der Waals surface area (Å²) in [6.45, 7) is 1.63. The minimum atomic E-state index is -4.50. The molecule has 0 spiro atoms. The fourth-order valence-electron chi connectivity index (χ4n) is 2.99. The standard InChI is InChI=1S/C14H15F3N2O2/c15-14(16,17)10-3-1-2-4-11(10)19-12(8-21-13(19)20)9-5-6-18-7-9/h1-4,9,12,18H,5-8H2. The second-order valence-electron chi connectivity index (χ2n) is 5.28. The van der Waals surface area contributed by atoms with Crippen molar-refractivity contribution in [3.63, 3.8) is 0 Å². The molecule has 7 heteroatoms. The Morgan fingerprint density at radius 3 is 2.71 bits per heavy atom. The lowest BCUT2D eigenvalue weighted by atomic mass is 9.97. The molecule has 1 aromatic rings. The third-order valence-electron chi connectivity index (χ3n) is 4.02. The van der Waals surface area contributed by atoms with Gasteiger partial charge in [-0.1, -0.05) is 12.1 Å². The van der Waals surface area contributed by atoms with Crippen molar-refractivity contribution in [1.82, 2.24) is 5.32 Å². The second-order valence-corrected chi connectivity index (χ2v) is 5.28.